The van der Waals surface area contributed by atoms with E-state index < -0.39 is 8.32 Å². The number of hydrogen-bond acceptors (Lipinski definition) is 2. The molecule has 118 valence electrons. The quantitative estimate of drug-likeness (QED) is 0.476. The summed E-state index contributed by atoms with van der Waals surface area (Å²) in [6.07, 6.45) is 12.6. The van der Waals surface area contributed by atoms with Crippen molar-refractivity contribution in [1.29, 1.82) is 0 Å². The zero-order valence-electron chi connectivity index (χ0n) is 14.3. The van der Waals surface area contributed by atoms with Gasteiger partial charge in [0.1, 0.15) is 0 Å². The van der Waals surface area contributed by atoms with E-state index in [-0.39, 0.29) is 17.7 Å². The number of aliphatic hydroxyl groups excluding tert-OH is 1. The normalized spacial score (nSPS) is 15.3. The molecule has 0 aromatic heterocycles. The second-order valence-electron chi connectivity index (χ2n) is 6.83. The van der Waals surface area contributed by atoms with E-state index in [0.29, 0.717) is 0 Å². The molecule has 0 amide bonds. The number of rotatable bonds is 9. The van der Waals surface area contributed by atoms with E-state index in [0.717, 1.165) is 25.7 Å². The molecule has 0 saturated heterocycles. The highest BCUT2D eigenvalue weighted by Gasteiger charge is 2.38. The Kier molecular flexibility index (Phi) is 9.35. The highest BCUT2D eigenvalue weighted by Crippen LogP contribution is 2.37. The third-order valence-electron chi connectivity index (χ3n) is 3.96. The van der Waals surface area contributed by atoms with Crippen LogP contribution in [0.2, 0.25) is 18.1 Å². The summed E-state index contributed by atoms with van der Waals surface area (Å²) in [5.41, 5.74) is 0. The number of allylic oxidation sites excluding steroid dienone is 3. The Bertz CT molecular complexity index is 301. The van der Waals surface area contributed by atoms with E-state index >= 15 is 0 Å². The number of hydrogen-bond donors (Lipinski definition) is 1. The van der Waals surface area contributed by atoms with Crippen molar-refractivity contribution in [3.05, 3.63) is 24.3 Å². The van der Waals surface area contributed by atoms with Crippen molar-refractivity contribution in [2.24, 2.45) is 0 Å². The fraction of sp³-hybridized carbons (Fsp3) is 0.765. The molecule has 0 unspecified atom stereocenters. The first-order valence-electron chi connectivity index (χ1n) is 7.83. The fourth-order valence-electron chi connectivity index (χ4n) is 1.65. The summed E-state index contributed by atoms with van der Waals surface area (Å²) in [6, 6.07) is 0. The molecule has 0 aromatic carbocycles. The van der Waals surface area contributed by atoms with Crippen LogP contribution in [0.15, 0.2) is 24.3 Å². The van der Waals surface area contributed by atoms with Crippen LogP contribution in [0, 0.1) is 0 Å². The Morgan fingerprint density at radius 2 is 1.70 bits per heavy atom. The van der Waals surface area contributed by atoms with Gasteiger partial charge in [0.2, 0.25) is 0 Å². The Hall–Kier alpha value is -0.383. The topological polar surface area (TPSA) is 29.5 Å². The van der Waals surface area contributed by atoms with Crippen LogP contribution in [-0.4, -0.2) is 26.1 Å². The molecule has 0 radical (unpaired) electrons. The molecule has 3 heteroatoms. The van der Waals surface area contributed by atoms with Crippen LogP contribution >= 0.6 is 0 Å². The van der Waals surface area contributed by atoms with E-state index in [1.54, 1.807) is 0 Å². The van der Waals surface area contributed by atoms with Gasteiger partial charge in [0.15, 0.2) is 8.32 Å². The van der Waals surface area contributed by atoms with Crippen LogP contribution in [-0.2, 0) is 4.43 Å². The molecule has 0 saturated carbocycles. The van der Waals surface area contributed by atoms with E-state index in [4.69, 9.17) is 4.43 Å². The predicted octanol–water partition coefficient (Wildman–Crippen LogP) is 5.06. The standard InChI is InChI=1S/C17H34O2Si/c1-7-8-9-10-11-12-13-16(14-15-18)19-20(5,6)17(2,3)4/h8-9,11-12,16,18H,7,10,13-15H2,1-6H3/b9-8-,12-11-/t16-/m0/s1. The van der Waals surface area contributed by atoms with Gasteiger partial charge in [0.05, 0.1) is 6.10 Å². The van der Waals surface area contributed by atoms with Crippen molar-refractivity contribution >= 4 is 8.32 Å². The van der Waals surface area contributed by atoms with Crippen LogP contribution in [0.25, 0.3) is 0 Å². The molecule has 0 bridgehead atoms. The van der Waals surface area contributed by atoms with Gasteiger partial charge < -0.3 is 9.53 Å². The maximum atomic E-state index is 9.21. The zero-order valence-corrected chi connectivity index (χ0v) is 15.3. The Balaban J connectivity index is 4.40. The van der Waals surface area contributed by atoms with Gasteiger partial charge in [-0.25, -0.2) is 0 Å². The van der Waals surface area contributed by atoms with Crippen molar-refractivity contribution < 1.29 is 9.53 Å². The smallest absolute Gasteiger partial charge is 0.192 e. The maximum Gasteiger partial charge on any atom is 0.192 e. The van der Waals surface area contributed by atoms with E-state index in [1.807, 2.05) is 0 Å². The van der Waals surface area contributed by atoms with E-state index in [2.05, 4.69) is 65.1 Å². The average Bonchev–Trinajstić information content (AvgIpc) is 2.32. The molecule has 0 spiro atoms. The highest BCUT2D eigenvalue weighted by atomic mass is 28.4. The van der Waals surface area contributed by atoms with Crippen LogP contribution < -0.4 is 0 Å². The lowest BCUT2D eigenvalue weighted by Crippen LogP contribution is -2.44. The summed E-state index contributed by atoms with van der Waals surface area (Å²) in [6.45, 7) is 13.6. The Labute approximate surface area is 127 Å². The van der Waals surface area contributed by atoms with Crippen molar-refractivity contribution in [2.45, 2.75) is 77.6 Å². The molecule has 1 atom stereocenters. The van der Waals surface area contributed by atoms with Crippen molar-refractivity contribution in [3.63, 3.8) is 0 Å². The van der Waals surface area contributed by atoms with Crippen molar-refractivity contribution in [3.8, 4) is 0 Å². The van der Waals surface area contributed by atoms with Gasteiger partial charge in [-0.3, -0.25) is 0 Å². The van der Waals surface area contributed by atoms with Gasteiger partial charge in [-0.1, -0.05) is 52.0 Å². The molecule has 0 heterocycles. The average molecular weight is 299 g/mol. The van der Waals surface area contributed by atoms with Crippen LogP contribution in [0.3, 0.4) is 0 Å². The minimum atomic E-state index is -1.75. The maximum absolute atomic E-state index is 9.21. The molecule has 0 fully saturated rings. The molecule has 0 aliphatic heterocycles. The summed E-state index contributed by atoms with van der Waals surface area (Å²) in [5, 5.41) is 9.43. The molecule has 0 aromatic rings. The first kappa shape index (κ1) is 19.6. The molecule has 1 N–H and O–H groups in total. The molecular weight excluding hydrogens is 264 g/mol. The summed E-state index contributed by atoms with van der Waals surface area (Å²) in [5.74, 6) is 0. The van der Waals surface area contributed by atoms with Gasteiger partial charge >= 0.3 is 0 Å². The lowest BCUT2D eigenvalue weighted by molar-refractivity contribution is 0.142. The molecule has 0 aliphatic carbocycles. The molecule has 20 heavy (non-hydrogen) atoms. The second kappa shape index (κ2) is 9.53. The molecule has 0 aliphatic rings. The van der Waals surface area contributed by atoms with Gasteiger partial charge in [0.25, 0.3) is 0 Å². The third kappa shape index (κ3) is 8.03. The summed E-state index contributed by atoms with van der Waals surface area (Å²) >= 11 is 0. The SMILES string of the molecule is CC/C=C\C/C=C\C[C@@H](CCO)O[Si](C)(C)C(C)(C)C. The lowest BCUT2D eigenvalue weighted by atomic mass is 10.2. The van der Waals surface area contributed by atoms with E-state index in [9.17, 15) is 5.11 Å². The largest absolute Gasteiger partial charge is 0.414 e. The van der Waals surface area contributed by atoms with Crippen molar-refractivity contribution in [1.82, 2.24) is 0 Å². The number of aliphatic hydroxyl groups is 1. The fourth-order valence-corrected chi connectivity index (χ4v) is 3.05. The minimum Gasteiger partial charge on any atom is -0.414 e. The van der Waals surface area contributed by atoms with Gasteiger partial charge in [-0.05, 0) is 43.8 Å². The summed E-state index contributed by atoms with van der Waals surface area (Å²) in [4.78, 5) is 0. The molecular formula is C17H34O2Si. The lowest BCUT2D eigenvalue weighted by Gasteiger charge is -2.39. The highest BCUT2D eigenvalue weighted by molar-refractivity contribution is 6.74. The second-order valence-corrected chi connectivity index (χ2v) is 11.6. The third-order valence-corrected chi connectivity index (χ3v) is 8.49. The summed E-state index contributed by atoms with van der Waals surface area (Å²) < 4.78 is 6.38. The first-order chi connectivity index (χ1) is 9.24. The predicted molar refractivity (Wildman–Crippen MR) is 91.6 cm³/mol. The van der Waals surface area contributed by atoms with Gasteiger partial charge in [0, 0.05) is 6.61 Å². The van der Waals surface area contributed by atoms with Gasteiger partial charge in [-0.2, -0.15) is 0 Å². The Morgan fingerprint density at radius 1 is 1.10 bits per heavy atom. The van der Waals surface area contributed by atoms with Gasteiger partial charge in [-0.15, -0.1) is 0 Å². The monoisotopic (exact) mass is 298 g/mol. The first-order valence-corrected chi connectivity index (χ1v) is 10.7. The van der Waals surface area contributed by atoms with Crippen LogP contribution in [0.4, 0.5) is 0 Å². The Morgan fingerprint density at radius 3 is 2.20 bits per heavy atom. The van der Waals surface area contributed by atoms with E-state index in [1.165, 1.54) is 0 Å². The van der Waals surface area contributed by atoms with Crippen LogP contribution in [0.5, 0.6) is 0 Å². The zero-order chi connectivity index (χ0) is 15.6. The molecule has 0 rings (SSSR count). The van der Waals surface area contributed by atoms with Crippen molar-refractivity contribution in [2.75, 3.05) is 6.61 Å². The minimum absolute atomic E-state index is 0.146. The molecule has 2 nitrogen and oxygen atoms in total. The van der Waals surface area contributed by atoms with Crippen LogP contribution in [0.1, 0.15) is 53.4 Å². The summed E-state index contributed by atoms with van der Waals surface area (Å²) in [7, 11) is -1.75.